The van der Waals surface area contributed by atoms with Gasteiger partial charge in [-0.25, -0.2) is 0 Å². The predicted octanol–water partition coefficient (Wildman–Crippen LogP) is 3.34. The average molecular weight is 286 g/mol. The van der Waals surface area contributed by atoms with E-state index in [1.165, 1.54) is 12.1 Å². The van der Waals surface area contributed by atoms with Crippen LogP contribution in [0.25, 0.3) is 6.08 Å². The normalized spacial score (nSPS) is 10.7. The second-order valence-electron chi connectivity index (χ2n) is 4.16. The lowest BCUT2D eigenvalue weighted by Crippen LogP contribution is -2.12. The van der Waals surface area contributed by atoms with Crippen LogP contribution in [0.3, 0.4) is 0 Å². The number of halogens is 1. The van der Waals surface area contributed by atoms with Gasteiger partial charge in [0.25, 0.3) is 0 Å². The maximum absolute atomic E-state index is 11.9. The van der Waals surface area contributed by atoms with Crippen molar-refractivity contribution in [3.8, 4) is 0 Å². The third-order valence-electron chi connectivity index (χ3n) is 2.75. The Morgan fingerprint density at radius 1 is 1.05 bits per heavy atom. The van der Waals surface area contributed by atoms with Gasteiger partial charge in [0.15, 0.2) is 5.78 Å². The van der Waals surface area contributed by atoms with Crippen LogP contribution in [0.2, 0.25) is 5.02 Å². The van der Waals surface area contributed by atoms with E-state index < -0.39 is 5.91 Å². The Morgan fingerprint density at radius 3 is 2.40 bits per heavy atom. The molecule has 2 N–H and O–H groups in total. The van der Waals surface area contributed by atoms with Crippen molar-refractivity contribution in [3.05, 3.63) is 76.3 Å². The summed E-state index contributed by atoms with van der Waals surface area (Å²) in [5.74, 6) is -0.727. The zero-order valence-electron chi connectivity index (χ0n) is 10.5. The van der Waals surface area contributed by atoms with Crippen LogP contribution >= 0.6 is 11.6 Å². The number of amides is 1. The van der Waals surface area contributed by atoms with E-state index in [4.69, 9.17) is 17.3 Å². The molecule has 0 radical (unpaired) electrons. The van der Waals surface area contributed by atoms with Crippen molar-refractivity contribution in [1.82, 2.24) is 0 Å². The van der Waals surface area contributed by atoms with E-state index in [-0.39, 0.29) is 11.3 Å². The molecule has 0 saturated carbocycles. The minimum absolute atomic E-state index is 0.143. The molecule has 2 aromatic carbocycles. The topological polar surface area (TPSA) is 60.2 Å². The molecule has 3 nitrogen and oxygen atoms in total. The van der Waals surface area contributed by atoms with Gasteiger partial charge in [0.1, 0.15) is 0 Å². The highest BCUT2D eigenvalue weighted by Gasteiger charge is 2.07. The van der Waals surface area contributed by atoms with Crippen molar-refractivity contribution in [2.75, 3.05) is 0 Å². The molecule has 4 heteroatoms. The van der Waals surface area contributed by atoms with Gasteiger partial charge in [-0.1, -0.05) is 54.1 Å². The highest BCUT2D eigenvalue weighted by Crippen LogP contribution is 2.17. The van der Waals surface area contributed by atoms with E-state index in [9.17, 15) is 9.59 Å². The first-order valence-electron chi connectivity index (χ1n) is 5.95. The summed E-state index contributed by atoms with van der Waals surface area (Å²) in [7, 11) is 0. The molecule has 0 fully saturated rings. The highest BCUT2D eigenvalue weighted by atomic mass is 35.5. The number of ketones is 1. The standard InChI is InChI=1S/C16H12ClNO2/c17-13-8-6-11(14(10-13)16(18)20)7-9-15(19)12-4-2-1-3-5-12/h1-10H,(H2,18,20). The molecule has 0 spiro atoms. The van der Waals surface area contributed by atoms with Gasteiger partial charge in [-0.2, -0.15) is 0 Å². The van der Waals surface area contributed by atoms with E-state index in [2.05, 4.69) is 0 Å². The number of carbonyl (C=O) groups excluding carboxylic acids is 2. The smallest absolute Gasteiger partial charge is 0.249 e. The molecule has 0 saturated heterocycles. The van der Waals surface area contributed by atoms with Gasteiger partial charge in [-0.05, 0) is 23.8 Å². The number of carbonyl (C=O) groups is 2. The van der Waals surface area contributed by atoms with E-state index >= 15 is 0 Å². The molecular weight excluding hydrogens is 274 g/mol. The van der Waals surface area contributed by atoms with Gasteiger partial charge >= 0.3 is 0 Å². The lowest BCUT2D eigenvalue weighted by molar-refractivity contribution is 0.0998. The summed E-state index contributed by atoms with van der Waals surface area (Å²) in [6.45, 7) is 0. The summed E-state index contributed by atoms with van der Waals surface area (Å²) in [6.07, 6.45) is 2.97. The van der Waals surface area contributed by atoms with E-state index in [0.29, 0.717) is 16.1 Å². The zero-order valence-corrected chi connectivity index (χ0v) is 11.3. The molecule has 2 aromatic rings. The predicted molar refractivity (Wildman–Crippen MR) is 79.8 cm³/mol. The van der Waals surface area contributed by atoms with Crippen LogP contribution in [0.1, 0.15) is 26.3 Å². The minimum Gasteiger partial charge on any atom is -0.366 e. The molecule has 0 aliphatic rings. The summed E-state index contributed by atoms with van der Waals surface area (Å²) in [5.41, 5.74) is 6.71. The lowest BCUT2D eigenvalue weighted by atomic mass is 10.0. The fourth-order valence-electron chi connectivity index (χ4n) is 1.75. The van der Waals surface area contributed by atoms with Gasteiger partial charge in [-0.3, -0.25) is 9.59 Å². The Labute approximate surface area is 121 Å². The Hall–Kier alpha value is -2.39. The summed E-state index contributed by atoms with van der Waals surface area (Å²) in [4.78, 5) is 23.3. The van der Waals surface area contributed by atoms with E-state index in [1.807, 2.05) is 6.07 Å². The van der Waals surface area contributed by atoms with Crippen LogP contribution in [0, 0.1) is 0 Å². The van der Waals surface area contributed by atoms with Crippen LogP contribution in [0.15, 0.2) is 54.6 Å². The summed E-state index contributed by atoms with van der Waals surface area (Å²) >= 11 is 5.82. The van der Waals surface area contributed by atoms with Crippen molar-refractivity contribution >= 4 is 29.4 Å². The van der Waals surface area contributed by atoms with E-state index in [0.717, 1.165) is 0 Å². The Balaban J connectivity index is 2.28. The number of allylic oxidation sites excluding steroid dienone is 1. The monoisotopic (exact) mass is 285 g/mol. The lowest BCUT2D eigenvalue weighted by Gasteiger charge is -2.02. The largest absolute Gasteiger partial charge is 0.366 e. The molecule has 1 amide bonds. The fourth-order valence-corrected chi connectivity index (χ4v) is 1.92. The van der Waals surface area contributed by atoms with Gasteiger partial charge in [-0.15, -0.1) is 0 Å². The van der Waals surface area contributed by atoms with Crippen molar-refractivity contribution in [2.24, 2.45) is 5.73 Å². The minimum atomic E-state index is -0.584. The molecule has 0 heterocycles. The molecule has 0 aliphatic carbocycles. The maximum Gasteiger partial charge on any atom is 0.249 e. The molecule has 2 rings (SSSR count). The second-order valence-corrected chi connectivity index (χ2v) is 4.60. The van der Waals surface area contributed by atoms with Crippen LogP contribution in [0.5, 0.6) is 0 Å². The number of hydrogen-bond donors (Lipinski definition) is 1. The van der Waals surface area contributed by atoms with Crippen molar-refractivity contribution in [2.45, 2.75) is 0 Å². The quantitative estimate of drug-likeness (QED) is 0.692. The molecule has 0 bridgehead atoms. The first-order valence-corrected chi connectivity index (χ1v) is 6.32. The molecule has 20 heavy (non-hydrogen) atoms. The van der Waals surface area contributed by atoms with Gasteiger partial charge in [0, 0.05) is 16.1 Å². The zero-order chi connectivity index (χ0) is 14.5. The molecule has 0 atom stereocenters. The third-order valence-corrected chi connectivity index (χ3v) is 2.99. The molecular formula is C16H12ClNO2. The number of nitrogens with two attached hydrogens (primary N) is 1. The summed E-state index contributed by atoms with van der Waals surface area (Å²) < 4.78 is 0. The third kappa shape index (κ3) is 3.33. The number of rotatable bonds is 4. The number of hydrogen-bond acceptors (Lipinski definition) is 2. The molecule has 0 aliphatic heterocycles. The van der Waals surface area contributed by atoms with Crippen molar-refractivity contribution in [1.29, 1.82) is 0 Å². The molecule has 0 aromatic heterocycles. The Morgan fingerprint density at radius 2 is 1.75 bits per heavy atom. The first kappa shape index (κ1) is 14.0. The van der Waals surface area contributed by atoms with Crippen LogP contribution < -0.4 is 5.73 Å². The summed E-state index contributed by atoms with van der Waals surface area (Å²) in [6, 6.07) is 13.6. The summed E-state index contributed by atoms with van der Waals surface area (Å²) in [5, 5.41) is 0.422. The SMILES string of the molecule is NC(=O)c1cc(Cl)ccc1C=CC(=O)c1ccccc1. The maximum atomic E-state index is 11.9. The van der Waals surface area contributed by atoms with Crippen molar-refractivity contribution < 1.29 is 9.59 Å². The van der Waals surface area contributed by atoms with Crippen LogP contribution in [0.4, 0.5) is 0 Å². The molecule has 0 unspecified atom stereocenters. The van der Waals surface area contributed by atoms with Gasteiger partial charge in [0.05, 0.1) is 0 Å². The Kier molecular flexibility index (Phi) is 4.33. The highest BCUT2D eigenvalue weighted by molar-refractivity contribution is 6.31. The number of primary amides is 1. The number of benzene rings is 2. The van der Waals surface area contributed by atoms with Gasteiger partial charge in [0.2, 0.25) is 5.91 Å². The van der Waals surface area contributed by atoms with E-state index in [1.54, 1.807) is 42.5 Å². The second kappa shape index (κ2) is 6.17. The first-order chi connectivity index (χ1) is 9.58. The molecule has 100 valence electrons. The Bertz CT molecular complexity index is 678. The van der Waals surface area contributed by atoms with Crippen LogP contribution in [-0.4, -0.2) is 11.7 Å². The fraction of sp³-hybridized carbons (Fsp3) is 0. The average Bonchev–Trinajstić information content (AvgIpc) is 2.46. The van der Waals surface area contributed by atoms with Crippen LogP contribution in [-0.2, 0) is 0 Å². The van der Waals surface area contributed by atoms with Crippen molar-refractivity contribution in [3.63, 3.8) is 0 Å². The van der Waals surface area contributed by atoms with Gasteiger partial charge < -0.3 is 5.73 Å².